The second kappa shape index (κ2) is 6.18. The maximum Gasteiger partial charge on any atom is 0.141 e. The van der Waals surface area contributed by atoms with Gasteiger partial charge in [0, 0.05) is 31.5 Å². The first kappa shape index (κ1) is 14.2. The highest BCUT2D eigenvalue weighted by Gasteiger charge is 2.29. The Balaban J connectivity index is 0.00000144. The molecule has 0 bridgehead atoms. The lowest BCUT2D eigenvalue weighted by Crippen LogP contribution is -2.44. The van der Waals surface area contributed by atoms with Crippen molar-refractivity contribution in [1.82, 2.24) is 4.90 Å². The Labute approximate surface area is 109 Å². The molecule has 2 atom stereocenters. The predicted octanol–water partition coefficient (Wildman–Crippen LogP) is 2.77. The minimum atomic E-state index is 0. The largest absolute Gasteiger partial charge is 0.299 e. The number of benzene rings is 1. The normalized spacial score (nSPS) is 25.4. The number of rotatable bonds is 2. The maximum atomic E-state index is 11.7. The van der Waals surface area contributed by atoms with Crippen LogP contribution in [0.15, 0.2) is 30.3 Å². The van der Waals surface area contributed by atoms with E-state index in [0.717, 1.165) is 19.6 Å². The van der Waals surface area contributed by atoms with Gasteiger partial charge in [-0.05, 0) is 5.56 Å². The Morgan fingerprint density at radius 2 is 1.65 bits per heavy atom. The summed E-state index contributed by atoms with van der Waals surface area (Å²) in [5, 5.41) is 0. The Bertz CT molecular complexity index is 352. The molecule has 0 aromatic heterocycles. The van der Waals surface area contributed by atoms with Crippen molar-refractivity contribution in [3.05, 3.63) is 35.9 Å². The fourth-order valence-corrected chi connectivity index (χ4v) is 2.49. The van der Waals surface area contributed by atoms with Crippen LogP contribution in [0.2, 0.25) is 0 Å². The van der Waals surface area contributed by atoms with Gasteiger partial charge >= 0.3 is 0 Å². The third-order valence-corrected chi connectivity index (χ3v) is 3.28. The molecule has 0 N–H and O–H groups in total. The third-order valence-electron chi connectivity index (χ3n) is 3.28. The van der Waals surface area contributed by atoms with Crippen molar-refractivity contribution in [3.8, 4) is 0 Å². The molecule has 1 aromatic rings. The molecule has 3 heteroatoms. The molecule has 0 unspecified atom stereocenters. The zero-order chi connectivity index (χ0) is 11.5. The highest BCUT2D eigenvalue weighted by molar-refractivity contribution is 5.85. The van der Waals surface area contributed by atoms with Gasteiger partial charge in [-0.1, -0.05) is 44.2 Å². The molecule has 1 aliphatic rings. The summed E-state index contributed by atoms with van der Waals surface area (Å²) < 4.78 is 0. The molecule has 0 aliphatic carbocycles. The maximum absolute atomic E-state index is 11.7. The van der Waals surface area contributed by atoms with Crippen molar-refractivity contribution in [2.45, 2.75) is 20.4 Å². The summed E-state index contributed by atoms with van der Waals surface area (Å²) in [6, 6.07) is 10.5. The summed E-state index contributed by atoms with van der Waals surface area (Å²) in [6.07, 6.45) is 0. The number of carbonyl (C=O) groups is 1. The average molecular weight is 254 g/mol. The van der Waals surface area contributed by atoms with Gasteiger partial charge in [0.05, 0.1) is 0 Å². The molecule has 2 nitrogen and oxygen atoms in total. The molecular formula is C14H20ClNO. The van der Waals surface area contributed by atoms with Crippen LogP contribution in [0.4, 0.5) is 0 Å². The third kappa shape index (κ3) is 3.55. The molecule has 0 amide bonds. The molecule has 2 rings (SSSR count). The lowest BCUT2D eigenvalue weighted by atomic mass is 9.90. The Hall–Kier alpha value is -0.860. The SMILES string of the molecule is C[C@@H]1CN(Cc2ccccc2)C[C@H](C)C1=O.Cl. The fourth-order valence-electron chi connectivity index (χ4n) is 2.49. The molecule has 0 radical (unpaired) electrons. The van der Waals surface area contributed by atoms with Gasteiger partial charge in [-0.2, -0.15) is 0 Å². The number of halogens is 1. The molecule has 1 heterocycles. The van der Waals surface area contributed by atoms with Crippen molar-refractivity contribution in [2.75, 3.05) is 13.1 Å². The van der Waals surface area contributed by atoms with Crippen molar-refractivity contribution in [1.29, 1.82) is 0 Å². The van der Waals surface area contributed by atoms with Crippen molar-refractivity contribution < 1.29 is 4.79 Å². The van der Waals surface area contributed by atoms with E-state index in [9.17, 15) is 4.79 Å². The van der Waals surface area contributed by atoms with Crippen molar-refractivity contribution >= 4 is 18.2 Å². The van der Waals surface area contributed by atoms with Crippen LogP contribution in [0.1, 0.15) is 19.4 Å². The molecule has 1 aliphatic heterocycles. The van der Waals surface area contributed by atoms with E-state index >= 15 is 0 Å². The Morgan fingerprint density at radius 1 is 1.12 bits per heavy atom. The van der Waals surface area contributed by atoms with Crippen LogP contribution >= 0.6 is 12.4 Å². The molecule has 1 fully saturated rings. The minimum absolute atomic E-state index is 0. The smallest absolute Gasteiger partial charge is 0.141 e. The van der Waals surface area contributed by atoms with Gasteiger partial charge in [-0.25, -0.2) is 0 Å². The van der Waals surface area contributed by atoms with Gasteiger partial charge in [0.15, 0.2) is 0 Å². The number of hydrogen-bond donors (Lipinski definition) is 0. The second-order valence-corrected chi connectivity index (χ2v) is 4.88. The van der Waals surface area contributed by atoms with Crippen LogP contribution in [0.3, 0.4) is 0 Å². The van der Waals surface area contributed by atoms with Crippen LogP contribution in [0.5, 0.6) is 0 Å². The number of nitrogens with zero attached hydrogens (tertiary/aromatic N) is 1. The number of hydrogen-bond acceptors (Lipinski definition) is 2. The van der Waals surface area contributed by atoms with Crippen molar-refractivity contribution in [2.24, 2.45) is 11.8 Å². The number of carbonyl (C=O) groups excluding carboxylic acids is 1. The van der Waals surface area contributed by atoms with Gasteiger partial charge in [0.1, 0.15) is 5.78 Å². The molecular weight excluding hydrogens is 234 g/mol. The molecule has 0 saturated carbocycles. The number of likely N-dealkylation sites (tertiary alicyclic amines) is 1. The predicted molar refractivity (Wildman–Crippen MR) is 72.3 cm³/mol. The minimum Gasteiger partial charge on any atom is -0.299 e. The molecule has 17 heavy (non-hydrogen) atoms. The first-order valence-electron chi connectivity index (χ1n) is 5.97. The summed E-state index contributed by atoms with van der Waals surface area (Å²) in [4.78, 5) is 14.1. The monoisotopic (exact) mass is 253 g/mol. The second-order valence-electron chi connectivity index (χ2n) is 4.88. The highest BCUT2D eigenvalue weighted by atomic mass is 35.5. The molecule has 1 saturated heterocycles. The summed E-state index contributed by atoms with van der Waals surface area (Å²) in [7, 11) is 0. The van der Waals surface area contributed by atoms with E-state index in [1.165, 1.54) is 5.56 Å². The van der Waals surface area contributed by atoms with Gasteiger partial charge in [-0.3, -0.25) is 9.69 Å². The van der Waals surface area contributed by atoms with E-state index < -0.39 is 0 Å². The van der Waals surface area contributed by atoms with Crippen LogP contribution in [0, 0.1) is 11.8 Å². The first-order chi connectivity index (χ1) is 7.66. The van der Waals surface area contributed by atoms with E-state index in [-0.39, 0.29) is 24.2 Å². The zero-order valence-electron chi connectivity index (χ0n) is 10.4. The molecule has 0 spiro atoms. The van der Waals surface area contributed by atoms with E-state index in [0.29, 0.717) is 5.78 Å². The molecule has 1 aromatic carbocycles. The average Bonchev–Trinajstić information content (AvgIpc) is 2.27. The van der Waals surface area contributed by atoms with Gasteiger partial charge in [-0.15, -0.1) is 12.4 Å². The Kier molecular flexibility index (Phi) is 5.16. The quantitative estimate of drug-likeness (QED) is 0.808. The van der Waals surface area contributed by atoms with Gasteiger partial charge in [0.2, 0.25) is 0 Å². The summed E-state index contributed by atoms with van der Waals surface area (Å²) in [5.74, 6) is 0.796. The van der Waals surface area contributed by atoms with Gasteiger partial charge < -0.3 is 0 Å². The number of Topliss-reactive ketones (excluding diaryl/α,β-unsaturated/α-hetero) is 1. The lowest BCUT2D eigenvalue weighted by molar-refractivity contribution is -0.130. The van der Waals surface area contributed by atoms with Crippen LogP contribution in [-0.2, 0) is 11.3 Å². The van der Waals surface area contributed by atoms with E-state index in [4.69, 9.17) is 0 Å². The van der Waals surface area contributed by atoms with Crippen LogP contribution in [-0.4, -0.2) is 23.8 Å². The van der Waals surface area contributed by atoms with E-state index in [1.807, 2.05) is 19.9 Å². The van der Waals surface area contributed by atoms with Crippen molar-refractivity contribution in [3.63, 3.8) is 0 Å². The van der Waals surface area contributed by atoms with E-state index in [2.05, 4.69) is 29.2 Å². The Morgan fingerprint density at radius 3 is 2.18 bits per heavy atom. The lowest BCUT2D eigenvalue weighted by Gasteiger charge is -2.33. The first-order valence-corrected chi connectivity index (χ1v) is 5.97. The molecule has 94 valence electrons. The van der Waals surface area contributed by atoms with Gasteiger partial charge in [0.25, 0.3) is 0 Å². The van der Waals surface area contributed by atoms with Crippen LogP contribution in [0.25, 0.3) is 0 Å². The summed E-state index contributed by atoms with van der Waals surface area (Å²) in [6.45, 7) is 6.84. The number of ketones is 1. The standard InChI is InChI=1S/C14H19NO.ClH/c1-11-8-15(9-12(2)14(11)16)10-13-6-4-3-5-7-13;/h3-7,11-12H,8-10H2,1-2H3;1H/t11-,12+;. The summed E-state index contributed by atoms with van der Waals surface area (Å²) >= 11 is 0. The fraction of sp³-hybridized carbons (Fsp3) is 0.500. The topological polar surface area (TPSA) is 20.3 Å². The van der Waals surface area contributed by atoms with Crippen LogP contribution < -0.4 is 0 Å². The zero-order valence-corrected chi connectivity index (χ0v) is 11.2. The summed E-state index contributed by atoms with van der Waals surface area (Å²) in [5.41, 5.74) is 1.33. The van der Waals surface area contributed by atoms with E-state index in [1.54, 1.807) is 0 Å². The number of piperidine rings is 1. The highest BCUT2D eigenvalue weighted by Crippen LogP contribution is 2.19.